The second-order valence-corrected chi connectivity index (χ2v) is 3.73. The molecule has 19 heavy (non-hydrogen) atoms. The van der Waals surface area contributed by atoms with Crippen LogP contribution in [-0.4, -0.2) is 24.8 Å². The van der Waals surface area contributed by atoms with Crippen LogP contribution in [0.25, 0.3) is 6.08 Å². The number of carboxylic acids is 1. The number of rotatable bonds is 7. The summed E-state index contributed by atoms with van der Waals surface area (Å²) >= 11 is 0. The van der Waals surface area contributed by atoms with Gasteiger partial charge in [0.2, 0.25) is 0 Å². The van der Waals surface area contributed by atoms with E-state index in [9.17, 15) is 4.79 Å². The maximum absolute atomic E-state index is 10.6. The SMILES string of the molecule is C#CCCCOc1ccc(OC)cc1/C=C/C(=O)O. The molecule has 4 heteroatoms. The molecule has 100 valence electrons. The molecule has 0 bridgehead atoms. The van der Waals surface area contributed by atoms with Gasteiger partial charge >= 0.3 is 5.97 Å². The Hall–Kier alpha value is -2.41. The smallest absolute Gasteiger partial charge is 0.328 e. The van der Waals surface area contributed by atoms with Gasteiger partial charge in [-0.15, -0.1) is 12.3 Å². The zero-order valence-electron chi connectivity index (χ0n) is 10.8. The van der Waals surface area contributed by atoms with Gasteiger partial charge in [-0.1, -0.05) is 0 Å². The molecule has 1 N–H and O–H groups in total. The molecule has 0 heterocycles. The highest BCUT2D eigenvalue weighted by atomic mass is 16.5. The fourth-order valence-electron chi connectivity index (χ4n) is 1.43. The zero-order valence-corrected chi connectivity index (χ0v) is 10.8. The van der Waals surface area contributed by atoms with E-state index in [0.29, 0.717) is 30.1 Å². The highest BCUT2D eigenvalue weighted by Crippen LogP contribution is 2.25. The first-order valence-electron chi connectivity index (χ1n) is 5.82. The van der Waals surface area contributed by atoms with Crippen molar-refractivity contribution in [1.29, 1.82) is 0 Å². The van der Waals surface area contributed by atoms with Crippen LogP contribution in [0.2, 0.25) is 0 Å². The Morgan fingerprint density at radius 3 is 2.95 bits per heavy atom. The molecule has 0 aliphatic heterocycles. The van der Waals surface area contributed by atoms with Gasteiger partial charge in [0, 0.05) is 18.1 Å². The summed E-state index contributed by atoms with van der Waals surface area (Å²) in [5, 5.41) is 8.66. The maximum atomic E-state index is 10.6. The summed E-state index contributed by atoms with van der Waals surface area (Å²) in [5.74, 6) is 2.77. The molecule has 0 amide bonds. The Morgan fingerprint density at radius 2 is 2.32 bits per heavy atom. The van der Waals surface area contributed by atoms with Gasteiger partial charge in [-0.3, -0.25) is 0 Å². The van der Waals surface area contributed by atoms with Crippen LogP contribution in [0, 0.1) is 12.3 Å². The molecule has 0 saturated heterocycles. The van der Waals surface area contributed by atoms with Crippen molar-refractivity contribution in [3.8, 4) is 23.8 Å². The van der Waals surface area contributed by atoms with Gasteiger partial charge in [0.05, 0.1) is 13.7 Å². The van der Waals surface area contributed by atoms with Crippen LogP contribution in [0.1, 0.15) is 18.4 Å². The van der Waals surface area contributed by atoms with Gasteiger partial charge in [-0.2, -0.15) is 0 Å². The average molecular weight is 260 g/mol. The molecule has 1 aromatic rings. The summed E-state index contributed by atoms with van der Waals surface area (Å²) in [6.45, 7) is 0.491. The number of carboxylic acid groups (broad SMARTS) is 1. The third-order valence-electron chi connectivity index (χ3n) is 2.35. The van der Waals surface area contributed by atoms with Crippen molar-refractivity contribution in [2.75, 3.05) is 13.7 Å². The first-order chi connectivity index (χ1) is 9.17. The van der Waals surface area contributed by atoms with Gasteiger partial charge < -0.3 is 14.6 Å². The predicted molar refractivity (Wildman–Crippen MR) is 73.2 cm³/mol. The van der Waals surface area contributed by atoms with Crippen LogP contribution in [0.15, 0.2) is 24.3 Å². The van der Waals surface area contributed by atoms with E-state index in [4.69, 9.17) is 21.0 Å². The molecular formula is C15H16O4. The van der Waals surface area contributed by atoms with Gasteiger partial charge in [-0.25, -0.2) is 4.79 Å². The lowest BCUT2D eigenvalue weighted by Crippen LogP contribution is -1.99. The van der Waals surface area contributed by atoms with Crippen molar-refractivity contribution in [3.05, 3.63) is 29.8 Å². The van der Waals surface area contributed by atoms with Gasteiger partial charge in [0.25, 0.3) is 0 Å². The molecule has 0 aliphatic rings. The summed E-state index contributed by atoms with van der Waals surface area (Å²) < 4.78 is 10.7. The molecule has 0 spiro atoms. The zero-order chi connectivity index (χ0) is 14.1. The molecule has 0 aliphatic carbocycles. The number of benzene rings is 1. The summed E-state index contributed by atoms with van der Waals surface area (Å²) in [7, 11) is 1.55. The van der Waals surface area contributed by atoms with Crippen LogP contribution in [-0.2, 0) is 4.79 Å². The Kier molecular flexibility index (Phi) is 6.04. The minimum absolute atomic E-state index is 0.491. The summed E-state index contributed by atoms with van der Waals surface area (Å²) in [4.78, 5) is 10.6. The summed E-state index contributed by atoms with van der Waals surface area (Å²) in [5.41, 5.74) is 0.655. The van der Waals surface area contributed by atoms with Crippen LogP contribution >= 0.6 is 0 Å². The van der Waals surface area contributed by atoms with E-state index in [0.717, 1.165) is 12.5 Å². The average Bonchev–Trinajstić information content (AvgIpc) is 2.42. The van der Waals surface area contributed by atoms with Crippen LogP contribution in [0.4, 0.5) is 0 Å². The van der Waals surface area contributed by atoms with Crippen LogP contribution < -0.4 is 9.47 Å². The highest BCUT2D eigenvalue weighted by molar-refractivity contribution is 5.86. The quantitative estimate of drug-likeness (QED) is 0.465. The standard InChI is InChI=1S/C15H16O4/c1-3-4-5-10-19-14-8-7-13(18-2)11-12(14)6-9-15(16)17/h1,6-9,11H,4-5,10H2,2H3,(H,16,17)/b9-6+. The van der Waals surface area contributed by atoms with Crippen LogP contribution in [0.3, 0.4) is 0 Å². The predicted octanol–water partition coefficient (Wildman–Crippen LogP) is 2.59. The fraction of sp³-hybridized carbons (Fsp3) is 0.267. The number of ether oxygens (including phenoxy) is 2. The number of unbranched alkanes of at least 4 members (excludes halogenated alkanes) is 1. The molecular weight excluding hydrogens is 244 g/mol. The van der Waals surface area contributed by atoms with Gasteiger partial charge in [-0.05, 0) is 30.7 Å². The van der Waals surface area contributed by atoms with Gasteiger partial charge in [0.15, 0.2) is 0 Å². The lowest BCUT2D eigenvalue weighted by atomic mass is 10.1. The molecule has 0 fully saturated rings. The molecule has 1 rings (SSSR count). The Bertz CT molecular complexity index is 497. The fourth-order valence-corrected chi connectivity index (χ4v) is 1.43. The Labute approximate surface area is 112 Å². The second-order valence-electron chi connectivity index (χ2n) is 3.73. The number of hydrogen-bond donors (Lipinski definition) is 1. The van der Waals surface area contributed by atoms with Gasteiger partial charge in [0.1, 0.15) is 11.5 Å². The van der Waals surface area contributed by atoms with Crippen molar-refractivity contribution in [2.24, 2.45) is 0 Å². The molecule has 0 radical (unpaired) electrons. The normalized spacial score (nSPS) is 10.1. The third kappa shape index (κ3) is 5.17. The molecule has 0 aromatic heterocycles. The van der Waals surface area contributed by atoms with Crippen molar-refractivity contribution < 1.29 is 19.4 Å². The molecule has 0 atom stereocenters. The van der Waals surface area contributed by atoms with Crippen molar-refractivity contribution >= 4 is 12.0 Å². The largest absolute Gasteiger partial charge is 0.497 e. The lowest BCUT2D eigenvalue weighted by molar-refractivity contribution is -0.131. The molecule has 0 saturated carbocycles. The first kappa shape index (κ1) is 14.7. The van der Waals surface area contributed by atoms with E-state index in [-0.39, 0.29) is 0 Å². The van der Waals surface area contributed by atoms with E-state index in [1.165, 1.54) is 6.08 Å². The summed E-state index contributed by atoms with van der Waals surface area (Å²) in [6, 6.07) is 5.22. The third-order valence-corrected chi connectivity index (χ3v) is 2.35. The van der Waals surface area contributed by atoms with E-state index in [1.54, 1.807) is 25.3 Å². The lowest BCUT2D eigenvalue weighted by Gasteiger charge is -2.10. The first-order valence-corrected chi connectivity index (χ1v) is 5.82. The summed E-state index contributed by atoms with van der Waals surface area (Å²) in [6.07, 6.45) is 9.09. The minimum Gasteiger partial charge on any atom is -0.497 e. The van der Waals surface area contributed by atoms with E-state index >= 15 is 0 Å². The van der Waals surface area contributed by atoms with E-state index in [1.807, 2.05) is 0 Å². The monoisotopic (exact) mass is 260 g/mol. The second kappa shape index (κ2) is 7.83. The van der Waals surface area contributed by atoms with Crippen molar-refractivity contribution in [3.63, 3.8) is 0 Å². The van der Waals surface area contributed by atoms with Crippen LogP contribution in [0.5, 0.6) is 11.5 Å². The maximum Gasteiger partial charge on any atom is 0.328 e. The number of carbonyl (C=O) groups is 1. The number of terminal acetylenes is 1. The molecule has 0 unspecified atom stereocenters. The highest BCUT2D eigenvalue weighted by Gasteiger charge is 2.04. The molecule has 1 aromatic carbocycles. The minimum atomic E-state index is -1.01. The number of aliphatic carboxylic acids is 1. The van der Waals surface area contributed by atoms with Crippen molar-refractivity contribution in [2.45, 2.75) is 12.8 Å². The number of methoxy groups -OCH3 is 1. The topological polar surface area (TPSA) is 55.8 Å². The Balaban J connectivity index is 2.83. The Morgan fingerprint density at radius 1 is 1.53 bits per heavy atom. The van der Waals surface area contributed by atoms with Crippen molar-refractivity contribution in [1.82, 2.24) is 0 Å². The molecule has 4 nitrogen and oxygen atoms in total. The van der Waals surface area contributed by atoms with E-state index in [2.05, 4.69) is 5.92 Å². The number of hydrogen-bond acceptors (Lipinski definition) is 3. The van der Waals surface area contributed by atoms with E-state index < -0.39 is 5.97 Å².